The van der Waals surface area contributed by atoms with Crippen molar-refractivity contribution in [3.05, 3.63) is 65.2 Å². The summed E-state index contributed by atoms with van der Waals surface area (Å²) in [5, 5.41) is 0. The lowest BCUT2D eigenvalue weighted by Crippen LogP contribution is -2.15. The van der Waals surface area contributed by atoms with Gasteiger partial charge in [-0.3, -0.25) is 4.72 Å². The molecule has 0 bridgehead atoms. The average Bonchev–Trinajstić information content (AvgIpc) is 2.33. The van der Waals surface area contributed by atoms with Gasteiger partial charge in [-0.15, -0.1) is 0 Å². The molecule has 0 fully saturated rings. The number of halogens is 2. The van der Waals surface area contributed by atoms with E-state index in [1.807, 2.05) is 13.0 Å². The van der Waals surface area contributed by atoms with Crippen LogP contribution in [0.1, 0.15) is 11.1 Å². The van der Waals surface area contributed by atoms with Crippen molar-refractivity contribution in [1.82, 2.24) is 0 Å². The molecule has 106 valence electrons. The van der Waals surface area contributed by atoms with E-state index in [-0.39, 0.29) is 11.4 Å². The number of aryl methyl sites for hydroxylation is 1. The summed E-state index contributed by atoms with van der Waals surface area (Å²) in [4.78, 5) is 0. The Morgan fingerprint density at radius 3 is 2.45 bits per heavy atom. The van der Waals surface area contributed by atoms with Crippen molar-refractivity contribution in [2.24, 2.45) is 0 Å². The minimum absolute atomic E-state index is 0.00319. The summed E-state index contributed by atoms with van der Waals surface area (Å²) in [5.41, 5.74) is 1.57. The van der Waals surface area contributed by atoms with Gasteiger partial charge in [-0.25, -0.2) is 17.2 Å². The quantitative estimate of drug-likeness (QED) is 0.942. The Morgan fingerprint density at radius 1 is 1.05 bits per heavy atom. The molecule has 3 nitrogen and oxygen atoms in total. The van der Waals surface area contributed by atoms with Crippen LogP contribution in [-0.2, 0) is 15.8 Å². The molecule has 0 heterocycles. The maximum Gasteiger partial charge on any atom is 0.236 e. The maximum atomic E-state index is 13.0. The Morgan fingerprint density at radius 2 is 1.80 bits per heavy atom. The van der Waals surface area contributed by atoms with Gasteiger partial charge in [0.1, 0.15) is 0 Å². The van der Waals surface area contributed by atoms with Crippen molar-refractivity contribution in [1.29, 1.82) is 0 Å². The fourth-order valence-electron chi connectivity index (χ4n) is 1.80. The third-order valence-electron chi connectivity index (χ3n) is 2.63. The van der Waals surface area contributed by atoms with E-state index in [9.17, 15) is 17.2 Å². The van der Waals surface area contributed by atoms with Gasteiger partial charge in [0.2, 0.25) is 10.0 Å². The van der Waals surface area contributed by atoms with Crippen molar-refractivity contribution in [3.8, 4) is 0 Å². The predicted molar refractivity (Wildman–Crippen MR) is 73.8 cm³/mol. The third-order valence-corrected chi connectivity index (χ3v) is 3.89. The Hall–Kier alpha value is -1.95. The first kappa shape index (κ1) is 14.5. The number of hydrogen-bond donors (Lipinski definition) is 1. The van der Waals surface area contributed by atoms with Crippen LogP contribution in [0.2, 0.25) is 0 Å². The molecule has 0 aromatic heterocycles. The van der Waals surface area contributed by atoms with Crippen molar-refractivity contribution in [3.63, 3.8) is 0 Å². The molecule has 0 unspecified atom stereocenters. The molecule has 2 aromatic carbocycles. The zero-order valence-electron chi connectivity index (χ0n) is 10.7. The molecular formula is C14H13F2NO2S. The highest BCUT2D eigenvalue weighted by molar-refractivity contribution is 7.91. The SMILES string of the molecule is Cc1cccc(CS(=O)(=O)Nc2ccc(F)c(F)c2)c1. The predicted octanol–water partition coefficient (Wildman–Crippen LogP) is 3.22. The van der Waals surface area contributed by atoms with E-state index in [1.54, 1.807) is 18.2 Å². The summed E-state index contributed by atoms with van der Waals surface area (Å²) < 4.78 is 51.9. The lowest BCUT2D eigenvalue weighted by atomic mass is 10.2. The molecule has 0 aliphatic carbocycles. The third kappa shape index (κ3) is 3.77. The van der Waals surface area contributed by atoms with Crippen molar-refractivity contribution >= 4 is 15.7 Å². The second kappa shape index (κ2) is 5.58. The monoisotopic (exact) mass is 297 g/mol. The molecular weight excluding hydrogens is 284 g/mol. The van der Waals surface area contributed by atoms with Gasteiger partial charge in [0, 0.05) is 6.07 Å². The van der Waals surface area contributed by atoms with E-state index in [2.05, 4.69) is 4.72 Å². The summed E-state index contributed by atoms with van der Waals surface area (Å²) in [6.07, 6.45) is 0. The van der Waals surface area contributed by atoms with Gasteiger partial charge in [0.25, 0.3) is 0 Å². The van der Waals surface area contributed by atoms with Crippen LogP contribution < -0.4 is 4.72 Å². The molecule has 1 N–H and O–H groups in total. The zero-order chi connectivity index (χ0) is 14.8. The number of benzene rings is 2. The van der Waals surface area contributed by atoms with Crippen molar-refractivity contribution in [2.75, 3.05) is 4.72 Å². The van der Waals surface area contributed by atoms with Gasteiger partial charge in [-0.1, -0.05) is 29.8 Å². The van der Waals surface area contributed by atoms with Crippen LogP contribution in [0, 0.1) is 18.6 Å². The Kier molecular flexibility index (Phi) is 4.04. The number of nitrogens with one attached hydrogen (secondary N) is 1. The molecule has 2 aromatic rings. The highest BCUT2D eigenvalue weighted by atomic mass is 32.2. The summed E-state index contributed by atoms with van der Waals surface area (Å²) in [5.74, 6) is -2.35. The highest BCUT2D eigenvalue weighted by Crippen LogP contribution is 2.16. The molecule has 0 radical (unpaired) electrons. The second-order valence-corrected chi connectivity index (χ2v) is 6.20. The molecule has 0 aliphatic rings. The minimum atomic E-state index is -3.67. The van der Waals surface area contributed by atoms with Crippen LogP contribution >= 0.6 is 0 Å². The molecule has 0 aliphatic heterocycles. The van der Waals surface area contributed by atoms with Crippen LogP contribution in [0.3, 0.4) is 0 Å². The lowest BCUT2D eigenvalue weighted by Gasteiger charge is -2.09. The van der Waals surface area contributed by atoms with E-state index in [0.717, 1.165) is 17.7 Å². The first-order valence-corrected chi connectivity index (χ1v) is 7.52. The summed E-state index contributed by atoms with van der Waals surface area (Å²) in [7, 11) is -3.67. The van der Waals surface area contributed by atoms with E-state index >= 15 is 0 Å². The molecule has 0 saturated heterocycles. The molecule has 0 amide bonds. The summed E-state index contributed by atoms with van der Waals surface area (Å²) >= 11 is 0. The van der Waals surface area contributed by atoms with Crippen LogP contribution in [0.5, 0.6) is 0 Å². The van der Waals surface area contributed by atoms with E-state index in [0.29, 0.717) is 5.56 Å². The van der Waals surface area contributed by atoms with Gasteiger partial charge >= 0.3 is 0 Å². The Bertz CT molecular complexity index is 730. The van der Waals surface area contributed by atoms with E-state index in [4.69, 9.17) is 0 Å². The Labute approximate surface area is 116 Å². The van der Waals surface area contributed by atoms with E-state index < -0.39 is 21.7 Å². The summed E-state index contributed by atoms with van der Waals surface area (Å²) in [6.45, 7) is 1.86. The average molecular weight is 297 g/mol. The highest BCUT2D eigenvalue weighted by Gasteiger charge is 2.13. The van der Waals surface area contributed by atoms with Gasteiger partial charge < -0.3 is 0 Å². The van der Waals surface area contributed by atoms with Crippen LogP contribution in [0.25, 0.3) is 0 Å². The number of hydrogen-bond acceptors (Lipinski definition) is 2. The van der Waals surface area contributed by atoms with Gasteiger partial charge in [-0.2, -0.15) is 0 Å². The van der Waals surface area contributed by atoms with Crippen LogP contribution in [0.15, 0.2) is 42.5 Å². The van der Waals surface area contributed by atoms with E-state index in [1.165, 1.54) is 6.07 Å². The lowest BCUT2D eigenvalue weighted by molar-refractivity contribution is 0.509. The zero-order valence-corrected chi connectivity index (χ0v) is 11.5. The molecule has 20 heavy (non-hydrogen) atoms. The first-order valence-electron chi connectivity index (χ1n) is 5.87. The molecule has 0 spiro atoms. The largest absolute Gasteiger partial charge is 0.283 e. The fourth-order valence-corrected chi connectivity index (χ4v) is 2.97. The van der Waals surface area contributed by atoms with Crippen molar-refractivity contribution < 1.29 is 17.2 Å². The van der Waals surface area contributed by atoms with Crippen LogP contribution in [0.4, 0.5) is 14.5 Å². The smallest absolute Gasteiger partial charge is 0.236 e. The molecule has 0 atom stereocenters. The minimum Gasteiger partial charge on any atom is -0.283 e. The second-order valence-electron chi connectivity index (χ2n) is 4.48. The molecule has 2 rings (SSSR count). The fraction of sp³-hybridized carbons (Fsp3) is 0.143. The van der Waals surface area contributed by atoms with Gasteiger partial charge in [-0.05, 0) is 24.6 Å². The maximum absolute atomic E-state index is 13.0. The molecule has 6 heteroatoms. The van der Waals surface area contributed by atoms with Crippen LogP contribution in [-0.4, -0.2) is 8.42 Å². The van der Waals surface area contributed by atoms with Gasteiger partial charge in [0.05, 0.1) is 11.4 Å². The normalized spacial score (nSPS) is 11.3. The number of rotatable bonds is 4. The van der Waals surface area contributed by atoms with Crippen molar-refractivity contribution in [2.45, 2.75) is 12.7 Å². The van der Waals surface area contributed by atoms with Gasteiger partial charge in [0.15, 0.2) is 11.6 Å². The standard InChI is InChI=1S/C14H13F2NO2S/c1-10-3-2-4-11(7-10)9-20(18,19)17-12-5-6-13(15)14(16)8-12/h2-8,17H,9H2,1H3. The topological polar surface area (TPSA) is 46.2 Å². The summed E-state index contributed by atoms with van der Waals surface area (Å²) in [6, 6.07) is 9.92. The first-order chi connectivity index (χ1) is 9.35. The number of anilines is 1. The Balaban J connectivity index is 2.17. The number of sulfonamides is 1. The molecule has 0 saturated carbocycles.